The summed E-state index contributed by atoms with van der Waals surface area (Å²) >= 11 is 6.72. The summed E-state index contributed by atoms with van der Waals surface area (Å²) in [6.07, 6.45) is 0. The van der Waals surface area contributed by atoms with Crippen LogP contribution in [0.1, 0.15) is 51.9 Å². The van der Waals surface area contributed by atoms with E-state index in [4.69, 9.17) is 9.15 Å². The molecule has 0 aliphatic carbocycles. The maximum atomic E-state index is 12.6. The van der Waals surface area contributed by atoms with Gasteiger partial charge in [-0.05, 0) is 75.7 Å². The molecule has 0 fully saturated rings. The number of ether oxygens (including phenoxy) is 1. The van der Waals surface area contributed by atoms with Gasteiger partial charge in [-0.2, -0.15) is 0 Å². The van der Waals surface area contributed by atoms with E-state index in [1.807, 2.05) is 41.5 Å². The molecule has 0 saturated carbocycles. The molecule has 1 aromatic carbocycles. The Morgan fingerprint density at radius 2 is 1.74 bits per heavy atom. The van der Waals surface area contributed by atoms with Gasteiger partial charge in [-0.15, -0.1) is 0 Å². The number of rotatable bonds is 1. The van der Waals surface area contributed by atoms with Crippen molar-refractivity contribution in [3.63, 3.8) is 0 Å². The Labute approximate surface area is 174 Å². The number of benzene rings is 1. The van der Waals surface area contributed by atoms with Crippen molar-refractivity contribution in [2.75, 3.05) is 0 Å². The van der Waals surface area contributed by atoms with Gasteiger partial charge in [0.15, 0.2) is 5.58 Å². The Bertz CT molecular complexity index is 967. The van der Waals surface area contributed by atoms with Gasteiger partial charge in [-0.3, -0.25) is 0 Å². The molecule has 0 unspecified atom stereocenters. The van der Waals surface area contributed by atoms with Gasteiger partial charge < -0.3 is 14.5 Å². The first-order chi connectivity index (χ1) is 12.2. The smallest absolute Gasteiger partial charge is 0.353 e. The summed E-state index contributed by atoms with van der Waals surface area (Å²) in [4.78, 5) is 29.3. The maximum absolute atomic E-state index is 12.6. The minimum atomic E-state index is -0.832. The summed E-state index contributed by atoms with van der Waals surface area (Å²) in [6, 6.07) is 5.00. The van der Waals surface area contributed by atoms with E-state index in [9.17, 15) is 9.59 Å². The van der Waals surface area contributed by atoms with Crippen LogP contribution in [0, 0.1) is 0 Å². The molecule has 0 bridgehead atoms. The SMILES string of the molecule is CC(C)(C)N=C(NC(C)(C)C)OC(=O)c1cc2cc(Br)cc(Br)c2oc1=O. The van der Waals surface area contributed by atoms with Crippen LogP contribution in [0.3, 0.4) is 0 Å². The van der Waals surface area contributed by atoms with Gasteiger partial charge in [-0.1, -0.05) is 15.9 Å². The first kappa shape index (κ1) is 21.6. The fraction of sp³-hybridized carbons (Fsp3) is 0.421. The number of carbonyl (C=O) groups excluding carboxylic acids is 1. The van der Waals surface area contributed by atoms with Crippen LogP contribution in [0.4, 0.5) is 0 Å². The number of aliphatic imine (C=N–C) groups is 1. The zero-order valence-electron chi connectivity index (χ0n) is 16.1. The van der Waals surface area contributed by atoms with Crippen molar-refractivity contribution in [3.05, 3.63) is 43.1 Å². The molecule has 0 aliphatic heterocycles. The third kappa shape index (κ3) is 6.17. The Morgan fingerprint density at radius 1 is 1.11 bits per heavy atom. The topological polar surface area (TPSA) is 80.9 Å². The van der Waals surface area contributed by atoms with Gasteiger partial charge in [0.25, 0.3) is 6.02 Å². The molecule has 0 amide bonds. The molecule has 0 radical (unpaired) electrons. The van der Waals surface area contributed by atoms with Gasteiger partial charge >= 0.3 is 11.6 Å². The molecule has 146 valence electrons. The maximum Gasteiger partial charge on any atom is 0.353 e. The minimum absolute atomic E-state index is 0.0509. The Morgan fingerprint density at radius 3 is 2.30 bits per heavy atom. The average Bonchev–Trinajstić information content (AvgIpc) is 2.43. The second kappa shape index (κ2) is 7.75. The Balaban J connectivity index is 2.45. The van der Waals surface area contributed by atoms with E-state index >= 15 is 0 Å². The van der Waals surface area contributed by atoms with Gasteiger partial charge in [0.2, 0.25) is 0 Å². The summed E-state index contributed by atoms with van der Waals surface area (Å²) in [5.74, 6) is -0.832. The Kier molecular flexibility index (Phi) is 6.21. The zero-order valence-corrected chi connectivity index (χ0v) is 19.2. The quantitative estimate of drug-likeness (QED) is 0.257. The summed E-state index contributed by atoms with van der Waals surface area (Å²) in [7, 11) is 0. The normalized spacial score (nSPS) is 13.0. The van der Waals surface area contributed by atoms with Crippen molar-refractivity contribution in [1.82, 2.24) is 5.32 Å². The van der Waals surface area contributed by atoms with Crippen molar-refractivity contribution >= 4 is 54.8 Å². The van der Waals surface area contributed by atoms with E-state index in [1.165, 1.54) is 6.07 Å². The molecule has 0 spiro atoms. The molecule has 6 nitrogen and oxygen atoms in total. The highest BCUT2D eigenvalue weighted by atomic mass is 79.9. The van der Waals surface area contributed by atoms with Crippen LogP contribution in [0.15, 0.2) is 41.3 Å². The van der Waals surface area contributed by atoms with Crippen molar-refractivity contribution in [2.45, 2.75) is 52.6 Å². The Hall–Kier alpha value is -1.67. The lowest BCUT2D eigenvalue weighted by molar-refractivity contribution is 0.0698. The minimum Gasteiger partial charge on any atom is -0.421 e. The van der Waals surface area contributed by atoms with E-state index in [0.29, 0.717) is 15.4 Å². The molecule has 27 heavy (non-hydrogen) atoms. The lowest BCUT2D eigenvalue weighted by atomic mass is 10.1. The van der Waals surface area contributed by atoms with Crippen LogP contribution in [0.25, 0.3) is 11.0 Å². The third-order valence-corrected chi connectivity index (χ3v) is 4.13. The van der Waals surface area contributed by atoms with E-state index in [2.05, 4.69) is 42.2 Å². The molecular weight excluding hydrogens is 480 g/mol. The van der Waals surface area contributed by atoms with Gasteiger partial charge in [0.05, 0.1) is 10.0 Å². The average molecular weight is 502 g/mol. The molecule has 0 atom stereocenters. The lowest BCUT2D eigenvalue weighted by Crippen LogP contribution is -2.44. The van der Waals surface area contributed by atoms with Crippen molar-refractivity contribution in [2.24, 2.45) is 4.99 Å². The summed E-state index contributed by atoms with van der Waals surface area (Å²) in [5.41, 5.74) is -1.48. The fourth-order valence-electron chi connectivity index (χ4n) is 2.14. The molecule has 0 saturated heterocycles. The summed E-state index contributed by atoms with van der Waals surface area (Å²) in [5, 5.41) is 3.63. The number of fused-ring (bicyclic) bond motifs is 1. The molecule has 8 heteroatoms. The molecular formula is C19H22Br2N2O4. The van der Waals surface area contributed by atoms with E-state index in [1.54, 1.807) is 12.1 Å². The predicted octanol–water partition coefficient (Wildman–Crippen LogP) is 5.02. The van der Waals surface area contributed by atoms with Crippen LogP contribution >= 0.6 is 31.9 Å². The second-order valence-corrected chi connectivity index (χ2v) is 9.88. The monoisotopic (exact) mass is 500 g/mol. The number of nitrogens with one attached hydrogen (secondary N) is 1. The number of nitrogens with zero attached hydrogens (tertiary/aromatic N) is 1. The van der Waals surface area contributed by atoms with E-state index < -0.39 is 17.1 Å². The van der Waals surface area contributed by atoms with Gasteiger partial charge in [0.1, 0.15) is 5.56 Å². The highest BCUT2D eigenvalue weighted by molar-refractivity contribution is 9.11. The number of amidine groups is 1. The van der Waals surface area contributed by atoms with Crippen LogP contribution in [0.2, 0.25) is 0 Å². The zero-order chi connectivity index (χ0) is 20.6. The number of hydrogen-bond acceptors (Lipinski definition) is 5. The van der Waals surface area contributed by atoms with Gasteiger partial charge in [0, 0.05) is 15.4 Å². The highest BCUT2D eigenvalue weighted by Gasteiger charge is 2.23. The standard InChI is InChI=1S/C19H22Br2N2O4/c1-18(2,3)22-17(23-19(4,5)6)27-16(25)12-8-10-7-11(20)9-13(21)14(10)26-15(12)24/h7-9H,1-6H3,(H,22,23). The van der Waals surface area contributed by atoms with Crippen molar-refractivity contribution in [3.8, 4) is 0 Å². The predicted molar refractivity (Wildman–Crippen MR) is 113 cm³/mol. The lowest BCUT2D eigenvalue weighted by Gasteiger charge is -2.24. The molecule has 2 aromatic rings. The molecule has 1 aromatic heterocycles. The van der Waals surface area contributed by atoms with Crippen LogP contribution in [-0.4, -0.2) is 23.1 Å². The number of hydrogen-bond donors (Lipinski definition) is 1. The summed E-state index contributed by atoms with van der Waals surface area (Å²) < 4.78 is 12.1. The highest BCUT2D eigenvalue weighted by Crippen LogP contribution is 2.28. The first-order valence-corrected chi connectivity index (χ1v) is 9.87. The molecule has 2 rings (SSSR count). The largest absolute Gasteiger partial charge is 0.421 e. The second-order valence-electron chi connectivity index (χ2n) is 8.11. The molecule has 1 heterocycles. The number of halogens is 2. The van der Waals surface area contributed by atoms with Gasteiger partial charge in [-0.25, -0.2) is 14.6 Å². The summed E-state index contributed by atoms with van der Waals surface area (Å²) in [6.45, 7) is 11.4. The van der Waals surface area contributed by atoms with E-state index in [-0.39, 0.29) is 17.1 Å². The van der Waals surface area contributed by atoms with Crippen molar-refractivity contribution < 1.29 is 13.9 Å². The van der Waals surface area contributed by atoms with Crippen molar-refractivity contribution in [1.29, 1.82) is 0 Å². The van der Waals surface area contributed by atoms with Crippen LogP contribution in [0.5, 0.6) is 0 Å². The third-order valence-electron chi connectivity index (χ3n) is 3.08. The number of carbonyl (C=O) groups is 1. The first-order valence-electron chi connectivity index (χ1n) is 8.28. The van der Waals surface area contributed by atoms with Crippen LogP contribution in [-0.2, 0) is 4.74 Å². The van der Waals surface area contributed by atoms with E-state index in [0.717, 1.165) is 4.47 Å². The van der Waals surface area contributed by atoms with Crippen LogP contribution < -0.4 is 10.9 Å². The number of esters is 1. The molecule has 0 aliphatic rings. The fourth-order valence-corrected chi connectivity index (χ4v) is 3.48. The molecule has 1 N–H and O–H groups in total.